The zero-order chi connectivity index (χ0) is 21.3. The highest BCUT2D eigenvalue weighted by Crippen LogP contribution is 2.20. The molecule has 2 atom stereocenters. The van der Waals surface area contributed by atoms with Gasteiger partial charge in [0.1, 0.15) is 17.8 Å². The maximum absolute atomic E-state index is 10.4. The monoisotopic (exact) mass is 413 g/mol. The van der Waals surface area contributed by atoms with E-state index in [-0.39, 0.29) is 17.9 Å². The third-order valence-electron chi connectivity index (χ3n) is 3.51. The van der Waals surface area contributed by atoms with Crippen LogP contribution >= 0.6 is 11.8 Å². The second kappa shape index (κ2) is 11.2. The number of rotatable bonds is 9. The highest BCUT2D eigenvalue weighted by molar-refractivity contribution is 7.99. The molecule has 10 nitrogen and oxygen atoms in total. The van der Waals surface area contributed by atoms with Gasteiger partial charge in [-0.25, -0.2) is 0 Å². The molecule has 154 valence electrons. The van der Waals surface area contributed by atoms with Crippen LogP contribution in [0.15, 0.2) is 24.3 Å². The first kappa shape index (κ1) is 23.3. The van der Waals surface area contributed by atoms with Crippen LogP contribution in [-0.4, -0.2) is 66.9 Å². The highest BCUT2D eigenvalue weighted by Gasteiger charge is 2.13. The van der Waals surface area contributed by atoms with E-state index in [1.54, 1.807) is 24.3 Å². The summed E-state index contributed by atoms with van der Waals surface area (Å²) >= 11 is 1.29. The van der Waals surface area contributed by atoms with E-state index in [4.69, 9.17) is 26.8 Å². The number of hydrogen-bond donors (Lipinski definition) is 7. The smallest absolute Gasteiger partial charge is 0.321 e. The third-order valence-corrected chi connectivity index (χ3v) is 4.63. The number of nitrogens with one attached hydrogen (secondary N) is 1. The van der Waals surface area contributed by atoms with Crippen LogP contribution in [0.5, 0.6) is 5.75 Å². The third kappa shape index (κ3) is 8.29. The van der Waals surface area contributed by atoms with Crippen molar-refractivity contribution in [1.82, 2.24) is 4.98 Å². The number of aliphatic carboxylic acids is 3. The van der Waals surface area contributed by atoms with Gasteiger partial charge in [0, 0.05) is 22.3 Å². The van der Waals surface area contributed by atoms with Gasteiger partial charge in [0.05, 0.1) is 6.42 Å². The van der Waals surface area contributed by atoms with E-state index < -0.39 is 30.0 Å². The number of benzene rings is 1. The molecule has 0 saturated heterocycles. The van der Waals surface area contributed by atoms with Crippen molar-refractivity contribution in [2.24, 2.45) is 11.5 Å². The first-order valence-corrected chi connectivity index (χ1v) is 9.32. The number of phenolic OH excluding ortho intramolecular Hbond substituents is 1. The Bertz CT molecular complexity index is 802. The summed E-state index contributed by atoms with van der Waals surface area (Å²) < 4.78 is 0. The standard InChI is InChI=1S/C10H9NO3.C7H14N2O4S/c12-8-1-2-9-6(4-8)3-7(11-9)5-10(13)14;8-4(6(10)11)1-2-14-3-5(9)7(12)13/h1-4,11-12H,5H2,(H,13,14);4-5H,1-3,8-9H2,(H,10,11)(H,12,13)/t;4-,5-/m.0/s1. The fourth-order valence-electron chi connectivity index (χ4n) is 2.05. The zero-order valence-electron chi connectivity index (χ0n) is 14.9. The molecule has 0 aliphatic rings. The molecule has 9 N–H and O–H groups in total. The normalized spacial score (nSPS) is 12.6. The number of carbonyl (C=O) groups is 3. The Balaban J connectivity index is 0.000000280. The quantitative estimate of drug-likeness (QED) is 0.283. The maximum Gasteiger partial charge on any atom is 0.321 e. The summed E-state index contributed by atoms with van der Waals surface area (Å²) in [6, 6.07) is 4.81. The maximum atomic E-state index is 10.4. The summed E-state index contributed by atoms with van der Waals surface area (Å²) in [7, 11) is 0. The number of nitrogens with two attached hydrogens (primary N) is 2. The zero-order valence-corrected chi connectivity index (χ0v) is 15.7. The largest absolute Gasteiger partial charge is 0.508 e. The van der Waals surface area contributed by atoms with E-state index in [1.807, 2.05) is 0 Å². The van der Waals surface area contributed by atoms with Crippen molar-refractivity contribution in [3.63, 3.8) is 0 Å². The van der Waals surface area contributed by atoms with Gasteiger partial charge >= 0.3 is 17.9 Å². The van der Waals surface area contributed by atoms with Gasteiger partial charge in [-0.3, -0.25) is 14.4 Å². The predicted octanol–water partition coefficient (Wildman–Crippen LogP) is 0.434. The lowest BCUT2D eigenvalue weighted by molar-refractivity contribution is -0.139. The fourth-order valence-corrected chi connectivity index (χ4v) is 3.04. The fraction of sp³-hybridized carbons (Fsp3) is 0.353. The molecule has 2 aromatic rings. The molecule has 0 radical (unpaired) electrons. The molecule has 0 fully saturated rings. The number of carboxylic acid groups (broad SMARTS) is 3. The Morgan fingerprint density at radius 1 is 1.04 bits per heavy atom. The van der Waals surface area contributed by atoms with Crippen LogP contribution < -0.4 is 11.5 Å². The van der Waals surface area contributed by atoms with Crippen LogP contribution in [0.3, 0.4) is 0 Å². The van der Waals surface area contributed by atoms with Crippen molar-refractivity contribution in [1.29, 1.82) is 0 Å². The SMILES string of the molecule is N[C@@H](CCSC[C@H](N)C(=O)O)C(=O)O.O=C(O)Cc1cc2cc(O)ccc2[nH]1. The van der Waals surface area contributed by atoms with Crippen molar-refractivity contribution in [2.45, 2.75) is 24.9 Å². The molecule has 0 aliphatic heterocycles. The number of phenols is 1. The molecule has 1 heterocycles. The number of aromatic nitrogens is 1. The molecule has 0 spiro atoms. The van der Waals surface area contributed by atoms with Crippen LogP contribution in [0.1, 0.15) is 12.1 Å². The van der Waals surface area contributed by atoms with Crippen molar-refractivity contribution in [3.8, 4) is 5.75 Å². The van der Waals surface area contributed by atoms with Crippen molar-refractivity contribution < 1.29 is 34.8 Å². The molecule has 1 aromatic heterocycles. The second-order valence-electron chi connectivity index (χ2n) is 5.89. The minimum atomic E-state index is -1.06. The van der Waals surface area contributed by atoms with Gasteiger partial charge in [-0.1, -0.05) is 0 Å². The number of aromatic amines is 1. The predicted molar refractivity (Wildman–Crippen MR) is 104 cm³/mol. The van der Waals surface area contributed by atoms with Gasteiger partial charge in [0.25, 0.3) is 0 Å². The topological polar surface area (TPSA) is 200 Å². The number of fused-ring (bicyclic) bond motifs is 1. The summed E-state index contributed by atoms with van der Waals surface area (Å²) in [5, 5.41) is 35.4. The summed E-state index contributed by atoms with van der Waals surface area (Å²) in [6.07, 6.45) is 0.280. The average molecular weight is 413 g/mol. The molecule has 0 bridgehead atoms. The Morgan fingerprint density at radius 3 is 2.25 bits per heavy atom. The van der Waals surface area contributed by atoms with Gasteiger partial charge in [-0.05, 0) is 36.4 Å². The summed E-state index contributed by atoms with van der Waals surface area (Å²) in [6.45, 7) is 0. The van der Waals surface area contributed by atoms with Crippen LogP contribution in [0.2, 0.25) is 0 Å². The summed E-state index contributed by atoms with van der Waals surface area (Å²) in [5.41, 5.74) is 11.9. The van der Waals surface area contributed by atoms with E-state index in [9.17, 15) is 19.5 Å². The lowest BCUT2D eigenvalue weighted by Crippen LogP contribution is -2.33. The van der Waals surface area contributed by atoms with Gasteiger partial charge in [0.15, 0.2) is 0 Å². The van der Waals surface area contributed by atoms with Gasteiger partial charge < -0.3 is 36.9 Å². The summed E-state index contributed by atoms with van der Waals surface area (Å²) in [4.78, 5) is 34.0. The Labute approximate surface area is 164 Å². The number of hydrogen-bond acceptors (Lipinski definition) is 7. The van der Waals surface area contributed by atoms with E-state index in [1.165, 1.54) is 11.8 Å². The summed E-state index contributed by atoms with van der Waals surface area (Å²) in [5.74, 6) is -2.04. The van der Waals surface area contributed by atoms with Crippen LogP contribution in [0.4, 0.5) is 0 Å². The minimum absolute atomic E-state index is 0.0323. The van der Waals surface area contributed by atoms with Crippen LogP contribution in [-0.2, 0) is 20.8 Å². The Kier molecular flexibility index (Phi) is 9.28. The molecule has 2 rings (SSSR count). The number of carboxylic acids is 3. The molecule has 0 saturated carbocycles. The Morgan fingerprint density at radius 2 is 1.68 bits per heavy atom. The van der Waals surface area contributed by atoms with Crippen LogP contribution in [0.25, 0.3) is 10.9 Å². The van der Waals surface area contributed by atoms with E-state index in [0.29, 0.717) is 17.9 Å². The van der Waals surface area contributed by atoms with Crippen molar-refractivity contribution >= 4 is 40.6 Å². The van der Waals surface area contributed by atoms with E-state index >= 15 is 0 Å². The lowest BCUT2D eigenvalue weighted by Gasteiger charge is -2.07. The molecule has 11 heteroatoms. The van der Waals surface area contributed by atoms with Gasteiger partial charge in [0.2, 0.25) is 0 Å². The Hall–Kier alpha value is -2.76. The van der Waals surface area contributed by atoms with Crippen molar-refractivity contribution in [2.75, 3.05) is 11.5 Å². The second-order valence-corrected chi connectivity index (χ2v) is 7.04. The molecule has 0 amide bonds. The van der Waals surface area contributed by atoms with Gasteiger partial charge in [-0.2, -0.15) is 11.8 Å². The highest BCUT2D eigenvalue weighted by atomic mass is 32.2. The van der Waals surface area contributed by atoms with E-state index in [0.717, 1.165) is 10.9 Å². The van der Waals surface area contributed by atoms with E-state index in [2.05, 4.69) is 4.98 Å². The van der Waals surface area contributed by atoms with Gasteiger partial charge in [-0.15, -0.1) is 0 Å². The molecule has 28 heavy (non-hydrogen) atoms. The van der Waals surface area contributed by atoms with Crippen molar-refractivity contribution in [3.05, 3.63) is 30.0 Å². The molecule has 1 aromatic carbocycles. The minimum Gasteiger partial charge on any atom is -0.508 e. The number of thioether (sulfide) groups is 1. The number of aromatic hydroxyl groups is 1. The average Bonchev–Trinajstić information content (AvgIpc) is 2.98. The number of H-pyrrole nitrogens is 1. The van der Waals surface area contributed by atoms with Crippen LogP contribution in [0, 0.1) is 0 Å². The molecule has 0 unspecified atom stereocenters. The molecular formula is C17H23N3O7S. The first-order chi connectivity index (χ1) is 13.1. The molecular weight excluding hydrogens is 390 g/mol. The first-order valence-electron chi connectivity index (χ1n) is 8.17. The molecule has 0 aliphatic carbocycles. The lowest BCUT2D eigenvalue weighted by atomic mass is 10.2.